The summed E-state index contributed by atoms with van der Waals surface area (Å²) in [5, 5.41) is 7.61. The minimum absolute atomic E-state index is 0.203. The molecule has 0 saturated heterocycles. The van der Waals surface area contributed by atoms with Gasteiger partial charge >= 0.3 is 11.8 Å². The Bertz CT molecular complexity index is 500. The highest BCUT2D eigenvalue weighted by Crippen LogP contribution is 2.14. The maximum absolute atomic E-state index is 11.6. The van der Waals surface area contributed by atoms with Crippen LogP contribution < -0.4 is 16.0 Å². The van der Waals surface area contributed by atoms with Gasteiger partial charge in [0, 0.05) is 24.8 Å². The molecule has 0 saturated carbocycles. The fourth-order valence-corrected chi connectivity index (χ4v) is 1.52. The molecule has 0 bridgehead atoms. The van der Waals surface area contributed by atoms with E-state index in [1.54, 1.807) is 24.3 Å². The van der Waals surface area contributed by atoms with Crippen molar-refractivity contribution in [3.63, 3.8) is 0 Å². The molecule has 0 aromatic heterocycles. The van der Waals surface area contributed by atoms with Crippen molar-refractivity contribution in [1.82, 2.24) is 5.32 Å². The van der Waals surface area contributed by atoms with Gasteiger partial charge in [-0.25, -0.2) is 0 Å². The van der Waals surface area contributed by atoms with Gasteiger partial charge in [-0.15, -0.1) is 0 Å². The molecule has 1 aromatic carbocycles. The minimum Gasteiger partial charge on any atom is -0.348 e. The van der Waals surface area contributed by atoms with E-state index < -0.39 is 11.8 Å². The predicted octanol–water partition coefficient (Wildman–Crippen LogP) is 1.50. The maximum Gasteiger partial charge on any atom is 0.313 e. The third-order valence-corrected chi connectivity index (χ3v) is 2.46. The van der Waals surface area contributed by atoms with Crippen LogP contribution in [0, 0.1) is 0 Å². The molecule has 6 nitrogen and oxygen atoms in total. The molecule has 0 spiro atoms. The first-order chi connectivity index (χ1) is 9.52. The van der Waals surface area contributed by atoms with Crippen molar-refractivity contribution in [3.8, 4) is 0 Å². The molecule has 3 amide bonds. The average molecular weight is 277 g/mol. The fourth-order valence-electron chi connectivity index (χ4n) is 1.52. The van der Waals surface area contributed by atoms with Gasteiger partial charge in [0.1, 0.15) is 0 Å². The monoisotopic (exact) mass is 277 g/mol. The summed E-state index contributed by atoms with van der Waals surface area (Å²) in [5.74, 6) is -1.59. The molecule has 108 valence electrons. The Hall–Kier alpha value is -2.37. The van der Waals surface area contributed by atoms with Crippen LogP contribution in [0.3, 0.4) is 0 Å². The molecule has 0 aliphatic carbocycles. The largest absolute Gasteiger partial charge is 0.348 e. The number of carbonyl (C=O) groups excluding carboxylic acids is 3. The molecule has 0 aliphatic heterocycles. The summed E-state index contributed by atoms with van der Waals surface area (Å²) in [7, 11) is 0. The molecule has 0 unspecified atom stereocenters. The Kier molecular flexibility index (Phi) is 6.22. The smallest absolute Gasteiger partial charge is 0.313 e. The Morgan fingerprint density at radius 2 is 1.70 bits per heavy atom. The van der Waals surface area contributed by atoms with E-state index in [4.69, 9.17) is 0 Å². The summed E-state index contributed by atoms with van der Waals surface area (Å²) in [6.45, 7) is 3.88. The lowest BCUT2D eigenvalue weighted by Crippen LogP contribution is -2.35. The number of anilines is 2. The van der Waals surface area contributed by atoms with Crippen LogP contribution in [0.4, 0.5) is 11.4 Å². The lowest BCUT2D eigenvalue weighted by atomic mass is 10.2. The Morgan fingerprint density at radius 3 is 2.30 bits per heavy atom. The number of rotatable bonds is 5. The minimum atomic E-state index is -0.721. The van der Waals surface area contributed by atoms with Crippen LogP contribution >= 0.6 is 0 Å². The number of nitrogens with one attached hydrogen (secondary N) is 3. The van der Waals surface area contributed by atoms with Gasteiger partial charge in [0.2, 0.25) is 5.91 Å². The van der Waals surface area contributed by atoms with E-state index in [0.29, 0.717) is 17.9 Å². The first-order valence-corrected chi connectivity index (χ1v) is 6.49. The summed E-state index contributed by atoms with van der Waals surface area (Å²) in [4.78, 5) is 34.1. The van der Waals surface area contributed by atoms with Gasteiger partial charge < -0.3 is 16.0 Å². The number of amides is 3. The van der Waals surface area contributed by atoms with Crippen molar-refractivity contribution in [3.05, 3.63) is 24.3 Å². The maximum atomic E-state index is 11.6. The number of hydrogen-bond acceptors (Lipinski definition) is 3. The van der Waals surface area contributed by atoms with Gasteiger partial charge in [-0.3, -0.25) is 14.4 Å². The van der Waals surface area contributed by atoms with Crippen LogP contribution in [0.15, 0.2) is 24.3 Å². The second-order valence-corrected chi connectivity index (χ2v) is 4.33. The molecule has 0 atom stereocenters. The number of hydrogen-bond donors (Lipinski definition) is 3. The van der Waals surface area contributed by atoms with Gasteiger partial charge in [0.25, 0.3) is 0 Å². The van der Waals surface area contributed by atoms with Crippen LogP contribution in [0.25, 0.3) is 0 Å². The van der Waals surface area contributed by atoms with Crippen molar-refractivity contribution < 1.29 is 14.4 Å². The topological polar surface area (TPSA) is 87.3 Å². The van der Waals surface area contributed by atoms with Crippen molar-refractivity contribution in [2.75, 3.05) is 17.2 Å². The average Bonchev–Trinajstić information content (AvgIpc) is 2.38. The number of unbranched alkanes of at least 4 members (excludes halogenated alkanes) is 1. The summed E-state index contributed by atoms with van der Waals surface area (Å²) in [6.07, 6.45) is 1.78. The fraction of sp³-hybridized carbons (Fsp3) is 0.357. The number of carbonyl (C=O) groups is 3. The zero-order chi connectivity index (χ0) is 15.0. The van der Waals surface area contributed by atoms with Gasteiger partial charge in [-0.05, 0) is 24.6 Å². The summed E-state index contributed by atoms with van der Waals surface area (Å²) >= 11 is 0. The van der Waals surface area contributed by atoms with E-state index in [0.717, 1.165) is 12.8 Å². The molecule has 1 aromatic rings. The van der Waals surface area contributed by atoms with E-state index in [-0.39, 0.29) is 5.91 Å². The zero-order valence-electron chi connectivity index (χ0n) is 11.7. The molecule has 6 heteroatoms. The van der Waals surface area contributed by atoms with E-state index in [2.05, 4.69) is 16.0 Å². The Balaban J connectivity index is 2.57. The molecule has 0 fully saturated rings. The summed E-state index contributed by atoms with van der Waals surface area (Å²) in [6, 6.07) is 6.59. The van der Waals surface area contributed by atoms with E-state index in [1.807, 2.05) is 6.92 Å². The van der Waals surface area contributed by atoms with Gasteiger partial charge in [0.15, 0.2) is 0 Å². The Labute approximate surface area is 117 Å². The van der Waals surface area contributed by atoms with E-state index in [9.17, 15) is 14.4 Å². The Morgan fingerprint density at radius 1 is 1.05 bits per heavy atom. The molecule has 3 N–H and O–H groups in total. The van der Waals surface area contributed by atoms with E-state index >= 15 is 0 Å². The van der Waals surface area contributed by atoms with Crippen LogP contribution in [0.1, 0.15) is 26.7 Å². The molecule has 1 rings (SSSR count). The van der Waals surface area contributed by atoms with Crippen LogP contribution in [-0.4, -0.2) is 24.3 Å². The van der Waals surface area contributed by atoms with Gasteiger partial charge in [-0.1, -0.05) is 19.4 Å². The predicted molar refractivity (Wildman–Crippen MR) is 77.3 cm³/mol. The highest BCUT2D eigenvalue weighted by Gasteiger charge is 2.12. The van der Waals surface area contributed by atoms with Crippen LogP contribution in [0.2, 0.25) is 0 Å². The summed E-state index contributed by atoms with van der Waals surface area (Å²) < 4.78 is 0. The van der Waals surface area contributed by atoms with E-state index in [1.165, 1.54) is 6.92 Å². The number of benzene rings is 1. The SMILES string of the molecule is CCCCNC(=O)C(=O)Nc1cccc(NC(C)=O)c1. The lowest BCUT2D eigenvalue weighted by Gasteiger charge is -2.08. The van der Waals surface area contributed by atoms with Crippen molar-refractivity contribution in [2.45, 2.75) is 26.7 Å². The second kappa shape index (κ2) is 7.93. The lowest BCUT2D eigenvalue weighted by molar-refractivity contribution is -0.136. The second-order valence-electron chi connectivity index (χ2n) is 4.33. The first-order valence-electron chi connectivity index (χ1n) is 6.49. The molecule has 20 heavy (non-hydrogen) atoms. The standard InChI is InChI=1S/C14H19N3O3/c1-3-4-8-15-13(19)14(20)17-12-7-5-6-11(9-12)16-10(2)18/h5-7,9H,3-4,8H2,1-2H3,(H,15,19)(H,16,18)(H,17,20). The normalized spacial score (nSPS) is 9.70. The summed E-state index contributed by atoms with van der Waals surface area (Å²) in [5.41, 5.74) is 1.01. The third-order valence-electron chi connectivity index (χ3n) is 2.46. The van der Waals surface area contributed by atoms with Crippen molar-refractivity contribution in [1.29, 1.82) is 0 Å². The van der Waals surface area contributed by atoms with Gasteiger partial charge in [0.05, 0.1) is 0 Å². The highest BCUT2D eigenvalue weighted by atomic mass is 16.2. The van der Waals surface area contributed by atoms with Crippen LogP contribution in [0.5, 0.6) is 0 Å². The highest BCUT2D eigenvalue weighted by molar-refractivity contribution is 6.39. The molecule has 0 radical (unpaired) electrons. The quantitative estimate of drug-likeness (QED) is 0.563. The van der Waals surface area contributed by atoms with Gasteiger partial charge in [-0.2, -0.15) is 0 Å². The molecule has 0 heterocycles. The third kappa shape index (κ3) is 5.51. The first kappa shape index (κ1) is 15.7. The van der Waals surface area contributed by atoms with Crippen LogP contribution in [-0.2, 0) is 14.4 Å². The zero-order valence-corrected chi connectivity index (χ0v) is 11.7. The molecular formula is C14H19N3O3. The molecular weight excluding hydrogens is 258 g/mol. The van der Waals surface area contributed by atoms with Crippen molar-refractivity contribution in [2.24, 2.45) is 0 Å². The van der Waals surface area contributed by atoms with Crippen molar-refractivity contribution >= 4 is 29.1 Å². The molecule has 0 aliphatic rings.